The second-order valence-corrected chi connectivity index (χ2v) is 4.34. The van der Waals surface area contributed by atoms with Gasteiger partial charge in [-0.15, -0.1) is 0 Å². The third-order valence-corrected chi connectivity index (χ3v) is 2.76. The van der Waals surface area contributed by atoms with Gasteiger partial charge in [-0.05, 0) is 32.0 Å². The number of benzene rings is 1. The molecule has 0 aliphatic rings. The molecular formula is C13H19FN2O2. The van der Waals surface area contributed by atoms with Crippen LogP contribution in [0.2, 0.25) is 0 Å². The highest BCUT2D eigenvalue weighted by Crippen LogP contribution is 2.19. The molecule has 2 N–H and O–H groups in total. The van der Waals surface area contributed by atoms with Gasteiger partial charge in [-0.2, -0.15) is 0 Å². The van der Waals surface area contributed by atoms with Crippen LogP contribution in [0.1, 0.15) is 19.4 Å². The minimum absolute atomic E-state index is 0.0761. The summed E-state index contributed by atoms with van der Waals surface area (Å²) in [7, 11) is 1.71. The monoisotopic (exact) mass is 254 g/mol. The van der Waals surface area contributed by atoms with Crippen LogP contribution in [0, 0.1) is 5.82 Å². The molecule has 18 heavy (non-hydrogen) atoms. The third-order valence-electron chi connectivity index (χ3n) is 2.76. The highest BCUT2D eigenvalue weighted by atomic mass is 19.1. The lowest BCUT2D eigenvalue weighted by atomic mass is 10.2. The maximum Gasteiger partial charge on any atom is 0.260 e. The topological polar surface area (TPSA) is 55.6 Å². The van der Waals surface area contributed by atoms with Gasteiger partial charge in [0.1, 0.15) is 11.6 Å². The van der Waals surface area contributed by atoms with Crippen molar-refractivity contribution in [2.75, 3.05) is 13.7 Å². The van der Waals surface area contributed by atoms with Gasteiger partial charge in [-0.1, -0.05) is 0 Å². The van der Waals surface area contributed by atoms with Crippen LogP contribution in [0.3, 0.4) is 0 Å². The minimum atomic E-state index is -0.367. The zero-order chi connectivity index (χ0) is 13.7. The lowest BCUT2D eigenvalue weighted by molar-refractivity contribution is -0.133. The summed E-state index contributed by atoms with van der Waals surface area (Å²) in [6.45, 7) is 3.93. The Morgan fingerprint density at radius 2 is 2.17 bits per heavy atom. The van der Waals surface area contributed by atoms with Gasteiger partial charge in [-0.3, -0.25) is 4.79 Å². The second kappa shape index (κ2) is 6.35. The summed E-state index contributed by atoms with van der Waals surface area (Å²) >= 11 is 0. The van der Waals surface area contributed by atoms with Crippen molar-refractivity contribution in [3.63, 3.8) is 0 Å². The molecule has 0 atom stereocenters. The number of halogens is 1. The fraction of sp³-hybridized carbons (Fsp3) is 0.462. The van der Waals surface area contributed by atoms with Gasteiger partial charge in [0.25, 0.3) is 5.91 Å². The number of ether oxygens (including phenoxy) is 1. The summed E-state index contributed by atoms with van der Waals surface area (Å²) in [5.74, 6) is -0.0462. The molecule has 0 spiro atoms. The number of hydrogen-bond acceptors (Lipinski definition) is 3. The van der Waals surface area contributed by atoms with Crippen LogP contribution >= 0.6 is 0 Å². The van der Waals surface area contributed by atoms with Crippen molar-refractivity contribution < 1.29 is 13.9 Å². The molecule has 1 rings (SSSR count). The Morgan fingerprint density at radius 3 is 2.72 bits per heavy atom. The number of carbonyl (C=O) groups is 1. The molecule has 1 aromatic carbocycles. The molecule has 1 aromatic rings. The van der Waals surface area contributed by atoms with Crippen molar-refractivity contribution in [3.05, 3.63) is 29.6 Å². The van der Waals surface area contributed by atoms with Crippen LogP contribution in [0.5, 0.6) is 5.75 Å². The average Bonchev–Trinajstić information content (AvgIpc) is 2.35. The zero-order valence-electron chi connectivity index (χ0n) is 10.9. The summed E-state index contributed by atoms with van der Waals surface area (Å²) in [4.78, 5) is 13.3. The molecule has 0 radical (unpaired) electrons. The molecule has 0 aliphatic heterocycles. The van der Waals surface area contributed by atoms with E-state index < -0.39 is 0 Å². The zero-order valence-corrected chi connectivity index (χ0v) is 10.9. The predicted molar refractivity (Wildman–Crippen MR) is 67.7 cm³/mol. The lowest BCUT2D eigenvalue weighted by Gasteiger charge is -2.21. The van der Waals surface area contributed by atoms with E-state index in [1.165, 1.54) is 18.2 Å². The van der Waals surface area contributed by atoms with E-state index >= 15 is 0 Å². The molecule has 1 amide bonds. The molecule has 0 heterocycles. The van der Waals surface area contributed by atoms with E-state index in [9.17, 15) is 9.18 Å². The Balaban J connectivity index is 2.66. The fourth-order valence-electron chi connectivity index (χ4n) is 1.38. The molecule has 0 aromatic heterocycles. The lowest BCUT2D eigenvalue weighted by Crippen LogP contribution is -2.36. The molecule has 4 nitrogen and oxygen atoms in total. The normalized spacial score (nSPS) is 10.6. The smallest absolute Gasteiger partial charge is 0.260 e. The first kappa shape index (κ1) is 14.4. The number of nitrogens with two attached hydrogens (primary N) is 1. The first-order valence-corrected chi connectivity index (χ1v) is 5.82. The predicted octanol–water partition coefficient (Wildman–Crippen LogP) is 1.53. The van der Waals surface area contributed by atoms with Crippen LogP contribution < -0.4 is 10.5 Å². The highest BCUT2D eigenvalue weighted by molar-refractivity contribution is 5.77. The van der Waals surface area contributed by atoms with E-state index in [1.54, 1.807) is 11.9 Å². The molecule has 5 heteroatoms. The molecular weight excluding hydrogens is 235 g/mol. The number of likely N-dealkylation sites (N-methyl/N-ethyl adjacent to an activating group) is 1. The van der Waals surface area contributed by atoms with E-state index in [4.69, 9.17) is 10.5 Å². The second-order valence-electron chi connectivity index (χ2n) is 4.34. The first-order valence-electron chi connectivity index (χ1n) is 5.82. The average molecular weight is 254 g/mol. The van der Waals surface area contributed by atoms with Crippen molar-refractivity contribution >= 4 is 5.91 Å². The van der Waals surface area contributed by atoms with Crippen LogP contribution in [0.4, 0.5) is 4.39 Å². The summed E-state index contributed by atoms with van der Waals surface area (Å²) in [5.41, 5.74) is 6.04. The van der Waals surface area contributed by atoms with Crippen molar-refractivity contribution in [1.82, 2.24) is 4.90 Å². The van der Waals surface area contributed by atoms with Crippen LogP contribution in [0.25, 0.3) is 0 Å². The fourth-order valence-corrected chi connectivity index (χ4v) is 1.38. The Morgan fingerprint density at radius 1 is 1.50 bits per heavy atom. The van der Waals surface area contributed by atoms with E-state index in [-0.39, 0.29) is 30.9 Å². The third kappa shape index (κ3) is 3.70. The van der Waals surface area contributed by atoms with Crippen molar-refractivity contribution in [1.29, 1.82) is 0 Å². The molecule has 100 valence electrons. The number of carbonyl (C=O) groups excluding carboxylic acids is 1. The van der Waals surface area contributed by atoms with Gasteiger partial charge in [0, 0.05) is 25.2 Å². The van der Waals surface area contributed by atoms with Gasteiger partial charge in [0.2, 0.25) is 0 Å². The maximum absolute atomic E-state index is 13.0. The largest absolute Gasteiger partial charge is 0.483 e. The summed E-state index contributed by atoms with van der Waals surface area (Å²) in [5, 5.41) is 0. The van der Waals surface area contributed by atoms with Gasteiger partial charge < -0.3 is 15.4 Å². The van der Waals surface area contributed by atoms with Gasteiger partial charge in [0.05, 0.1) is 0 Å². The molecule has 0 fully saturated rings. The van der Waals surface area contributed by atoms with E-state index in [2.05, 4.69) is 0 Å². The van der Waals surface area contributed by atoms with Crippen molar-refractivity contribution in [3.8, 4) is 5.75 Å². The standard InChI is InChI=1S/C13H19FN2O2/c1-9(2)16(3)13(17)8-18-12-5-4-11(14)6-10(12)7-15/h4-6,9H,7-8,15H2,1-3H3. The van der Waals surface area contributed by atoms with E-state index in [0.29, 0.717) is 11.3 Å². The molecule has 0 saturated carbocycles. The Bertz CT molecular complexity index is 421. The number of hydrogen-bond donors (Lipinski definition) is 1. The van der Waals surface area contributed by atoms with E-state index in [0.717, 1.165) is 0 Å². The van der Waals surface area contributed by atoms with Crippen LogP contribution in [-0.4, -0.2) is 30.5 Å². The summed E-state index contributed by atoms with van der Waals surface area (Å²) in [6.07, 6.45) is 0. The SMILES string of the molecule is CC(C)N(C)C(=O)COc1ccc(F)cc1CN. The van der Waals surface area contributed by atoms with E-state index in [1.807, 2.05) is 13.8 Å². The molecule has 0 unspecified atom stereocenters. The number of amides is 1. The molecule has 0 aliphatic carbocycles. The van der Waals surface area contributed by atoms with Gasteiger partial charge in [-0.25, -0.2) is 4.39 Å². The highest BCUT2D eigenvalue weighted by Gasteiger charge is 2.13. The Hall–Kier alpha value is -1.62. The number of nitrogens with zero attached hydrogens (tertiary/aromatic N) is 1. The van der Waals surface area contributed by atoms with Crippen LogP contribution in [0.15, 0.2) is 18.2 Å². The first-order chi connectivity index (χ1) is 8.45. The summed E-state index contributed by atoms with van der Waals surface area (Å²) in [6, 6.07) is 4.19. The summed E-state index contributed by atoms with van der Waals surface area (Å²) < 4.78 is 18.4. The van der Waals surface area contributed by atoms with Crippen molar-refractivity contribution in [2.24, 2.45) is 5.73 Å². The molecule has 0 bridgehead atoms. The van der Waals surface area contributed by atoms with Gasteiger partial charge in [0.15, 0.2) is 6.61 Å². The van der Waals surface area contributed by atoms with Crippen molar-refractivity contribution in [2.45, 2.75) is 26.4 Å². The van der Waals surface area contributed by atoms with Crippen LogP contribution in [-0.2, 0) is 11.3 Å². The Labute approximate surface area is 107 Å². The van der Waals surface area contributed by atoms with Gasteiger partial charge >= 0.3 is 0 Å². The number of rotatable bonds is 5. The maximum atomic E-state index is 13.0. The Kier molecular flexibility index (Phi) is 5.09. The quantitative estimate of drug-likeness (QED) is 0.867. The minimum Gasteiger partial charge on any atom is -0.483 e. The molecule has 0 saturated heterocycles.